The summed E-state index contributed by atoms with van der Waals surface area (Å²) in [5.41, 5.74) is 2.43. The molecule has 0 spiro atoms. The Bertz CT molecular complexity index is 539. The van der Waals surface area contributed by atoms with Crippen molar-refractivity contribution in [3.8, 4) is 0 Å². The van der Waals surface area contributed by atoms with E-state index in [-0.39, 0.29) is 0 Å². The molecule has 0 saturated heterocycles. The average Bonchev–Trinajstić information content (AvgIpc) is 2.83. The maximum absolute atomic E-state index is 6.01. The number of nitrogens with zero attached hydrogens (tertiary/aromatic N) is 1. The number of hydrogen-bond acceptors (Lipinski definition) is 3. The van der Waals surface area contributed by atoms with Gasteiger partial charge in [-0.2, -0.15) is 0 Å². The van der Waals surface area contributed by atoms with Crippen LogP contribution >= 0.6 is 11.6 Å². The number of halogens is 1. The first-order valence-electron chi connectivity index (χ1n) is 6.88. The van der Waals surface area contributed by atoms with E-state index in [2.05, 4.69) is 30.3 Å². The molecule has 0 bridgehead atoms. The standard InChI is InChI=1S/C16H21ClN2O/c1-3-18-10-14-7-8-20-16(14)12-19(2)11-13-5-4-6-15(17)9-13/h4-9,18H,3,10-12H2,1-2H3. The highest BCUT2D eigenvalue weighted by atomic mass is 35.5. The van der Waals surface area contributed by atoms with E-state index in [0.29, 0.717) is 0 Å². The third-order valence-corrected chi connectivity index (χ3v) is 3.39. The molecule has 1 aromatic carbocycles. The maximum Gasteiger partial charge on any atom is 0.122 e. The molecule has 0 fully saturated rings. The number of hydrogen-bond donors (Lipinski definition) is 1. The van der Waals surface area contributed by atoms with E-state index < -0.39 is 0 Å². The minimum absolute atomic E-state index is 0.779. The highest BCUT2D eigenvalue weighted by Gasteiger charge is 2.09. The van der Waals surface area contributed by atoms with Crippen molar-refractivity contribution in [2.24, 2.45) is 0 Å². The minimum Gasteiger partial charge on any atom is -0.468 e. The van der Waals surface area contributed by atoms with Crippen molar-refractivity contribution >= 4 is 11.6 Å². The van der Waals surface area contributed by atoms with E-state index in [1.807, 2.05) is 24.3 Å². The lowest BCUT2D eigenvalue weighted by atomic mass is 10.2. The van der Waals surface area contributed by atoms with Gasteiger partial charge in [0.05, 0.1) is 12.8 Å². The van der Waals surface area contributed by atoms with Crippen LogP contribution in [0.5, 0.6) is 0 Å². The monoisotopic (exact) mass is 292 g/mol. The molecule has 3 nitrogen and oxygen atoms in total. The molecule has 1 heterocycles. The number of furan rings is 1. The molecule has 0 aliphatic heterocycles. The second-order valence-corrected chi connectivity index (χ2v) is 5.39. The minimum atomic E-state index is 0.779. The Morgan fingerprint density at radius 2 is 2.10 bits per heavy atom. The van der Waals surface area contributed by atoms with Crippen molar-refractivity contribution < 1.29 is 4.42 Å². The molecule has 4 heteroatoms. The SMILES string of the molecule is CCNCc1ccoc1CN(C)Cc1cccc(Cl)c1. The van der Waals surface area contributed by atoms with Crippen molar-refractivity contribution in [1.82, 2.24) is 10.2 Å². The van der Waals surface area contributed by atoms with Gasteiger partial charge >= 0.3 is 0 Å². The normalized spacial score (nSPS) is 11.2. The van der Waals surface area contributed by atoms with Crippen LogP contribution in [0.4, 0.5) is 0 Å². The Morgan fingerprint density at radius 3 is 2.85 bits per heavy atom. The molecule has 0 amide bonds. The fraction of sp³-hybridized carbons (Fsp3) is 0.375. The zero-order valence-electron chi connectivity index (χ0n) is 12.0. The van der Waals surface area contributed by atoms with E-state index in [9.17, 15) is 0 Å². The molecule has 0 aliphatic carbocycles. The lowest BCUT2D eigenvalue weighted by Crippen LogP contribution is -2.19. The van der Waals surface area contributed by atoms with E-state index >= 15 is 0 Å². The summed E-state index contributed by atoms with van der Waals surface area (Å²) in [5, 5.41) is 4.10. The predicted octanol–water partition coefficient (Wildman–Crippen LogP) is 3.67. The Hall–Kier alpha value is -1.29. The van der Waals surface area contributed by atoms with Gasteiger partial charge in [-0.15, -0.1) is 0 Å². The smallest absolute Gasteiger partial charge is 0.122 e. The van der Waals surface area contributed by atoms with E-state index in [0.717, 1.165) is 37.0 Å². The van der Waals surface area contributed by atoms with Crippen LogP contribution in [-0.4, -0.2) is 18.5 Å². The molecule has 0 atom stereocenters. The zero-order valence-corrected chi connectivity index (χ0v) is 12.8. The number of benzene rings is 1. The summed E-state index contributed by atoms with van der Waals surface area (Å²) in [5.74, 6) is 1.02. The molecule has 0 radical (unpaired) electrons. The number of nitrogens with one attached hydrogen (secondary N) is 1. The molecule has 1 aromatic heterocycles. The van der Waals surface area contributed by atoms with Gasteiger partial charge in [0.2, 0.25) is 0 Å². The van der Waals surface area contributed by atoms with E-state index in [1.165, 1.54) is 11.1 Å². The molecular formula is C16H21ClN2O. The van der Waals surface area contributed by atoms with Crippen LogP contribution in [0.15, 0.2) is 41.0 Å². The lowest BCUT2D eigenvalue weighted by Gasteiger charge is -2.16. The third kappa shape index (κ3) is 4.37. The fourth-order valence-corrected chi connectivity index (χ4v) is 2.38. The highest BCUT2D eigenvalue weighted by molar-refractivity contribution is 6.30. The van der Waals surface area contributed by atoms with Gasteiger partial charge in [-0.25, -0.2) is 0 Å². The molecule has 2 aromatic rings. The van der Waals surface area contributed by atoms with E-state index in [1.54, 1.807) is 6.26 Å². The molecule has 0 unspecified atom stereocenters. The Morgan fingerprint density at radius 1 is 1.25 bits per heavy atom. The average molecular weight is 293 g/mol. The summed E-state index contributed by atoms with van der Waals surface area (Å²) >= 11 is 6.01. The molecule has 0 aliphatic rings. The van der Waals surface area contributed by atoms with Crippen LogP contribution < -0.4 is 5.32 Å². The predicted molar refractivity (Wildman–Crippen MR) is 82.7 cm³/mol. The molecule has 1 N–H and O–H groups in total. The first-order valence-corrected chi connectivity index (χ1v) is 7.25. The van der Waals surface area contributed by atoms with Crippen LogP contribution in [-0.2, 0) is 19.6 Å². The van der Waals surface area contributed by atoms with Crippen LogP contribution in [0.1, 0.15) is 23.8 Å². The molecule has 108 valence electrons. The van der Waals surface area contributed by atoms with Crippen LogP contribution in [0.2, 0.25) is 5.02 Å². The van der Waals surface area contributed by atoms with Gasteiger partial charge < -0.3 is 9.73 Å². The zero-order chi connectivity index (χ0) is 14.4. The van der Waals surface area contributed by atoms with Gasteiger partial charge in [-0.1, -0.05) is 30.7 Å². The summed E-state index contributed by atoms with van der Waals surface area (Å²) in [6.07, 6.45) is 1.76. The van der Waals surface area contributed by atoms with Crippen molar-refractivity contribution in [2.45, 2.75) is 26.6 Å². The first kappa shape index (κ1) is 15.1. The second-order valence-electron chi connectivity index (χ2n) is 4.95. The Balaban J connectivity index is 1.94. The van der Waals surface area contributed by atoms with Gasteiger partial charge in [0.15, 0.2) is 0 Å². The molecule has 20 heavy (non-hydrogen) atoms. The summed E-state index contributed by atoms with van der Waals surface area (Å²) in [7, 11) is 2.08. The van der Waals surface area contributed by atoms with Gasteiger partial charge in [0.25, 0.3) is 0 Å². The summed E-state index contributed by atoms with van der Waals surface area (Å²) in [6, 6.07) is 10.00. The molecular weight excluding hydrogens is 272 g/mol. The van der Waals surface area contributed by atoms with Gasteiger partial charge in [0, 0.05) is 23.7 Å². The highest BCUT2D eigenvalue weighted by Crippen LogP contribution is 2.16. The fourth-order valence-electron chi connectivity index (χ4n) is 2.17. The molecule has 2 rings (SSSR count). The van der Waals surface area contributed by atoms with Gasteiger partial charge in [-0.05, 0) is 37.4 Å². The second kappa shape index (κ2) is 7.48. The van der Waals surface area contributed by atoms with Crippen molar-refractivity contribution in [3.63, 3.8) is 0 Å². The third-order valence-electron chi connectivity index (χ3n) is 3.16. The van der Waals surface area contributed by atoms with Crippen molar-refractivity contribution in [3.05, 3.63) is 58.5 Å². The van der Waals surface area contributed by atoms with Crippen molar-refractivity contribution in [1.29, 1.82) is 0 Å². The van der Waals surface area contributed by atoms with Crippen LogP contribution in [0.25, 0.3) is 0 Å². The largest absolute Gasteiger partial charge is 0.468 e. The Kier molecular flexibility index (Phi) is 5.65. The molecule has 0 saturated carbocycles. The van der Waals surface area contributed by atoms with Gasteiger partial charge in [0.1, 0.15) is 5.76 Å². The summed E-state index contributed by atoms with van der Waals surface area (Å²) in [4.78, 5) is 2.22. The first-order chi connectivity index (χ1) is 9.69. The van der Waals surface area contributed by atoms with Crippen LogP contribution in [0.3, 0.4) is 0 Å². The van der Waals surface area contributed by atoms with Crippen LogP contribution in [0, 0.1) is 0 Å². The maximum atomic E-state index is 6.01. The van der Waals surface area contributed by atoms with E-state index in [4.69, 9.17) is 16.0 Å². The van der Waals surface area contributed by atoms with Gasteiger partial charge in [-0.3, -0.25) is 4.90 Å². The van der Waals surface area contributed by atoms with Crippen molar-refractivity contribution in [2.75, 3.05) is 13.6 Å². The quantitative estimate of drug-likeness (QED) is 0.844. The lowest BCUT2D eigenvalue weighted by molar-refractivity contribution is 0.286. The summed E-state index contributed by atoms with van der Waals surface area (Å²) in [6.45, 7) is 5.56. The topological polar surface area (TPSA) is 28.4 Å². The Labute approximate surface area is 125 Å². The number of rotatable bonds is 7. The summed E-state index contributed by atoms with van der Waals surface area (Å²) < 4.78 is 5.59.